The molecule has 0 fully saturated rings. The molecule has 1 nitrogen and oxygen atoms in total. The van der Waals surface area contributed by atoms with Gasteiger partial charge in [-0.1, -0.05) is 48.0 Å². The molecule has 0 amide bonds. The van der Waals surface area contributed by atoms with Gasteiger partial charge in [0.25, 0.3) is 0 Å². The molecule has 14 heavy (non-hydrogen) atoms. The van der Waals surface area contributed by atoms with E-state index in [4.69, 9.17) is 5.73 Å². The quantitative estimate of drug-likeness (QED) is 0.715. The fourth-order valence-corrected chi connectivity index (χ4v) is 1.75. The van der Waals surface area contributed by atoms with Gasteiger partial charge in [0.1, 0.15) is 0 Å². The minimum atomic E-state index is 0.307. The van der Waals surface area contributed by atoms with Crippen molar-refractivity contribution in [1.29, 1.82) is 0 Å². The first-order chi connectivity index (χ1) is 6.14. The van der Waals surface area contributed by atoms with Gasteiger partial charge >= 0.3 is 0 Å². The Kier molecular flexibility index (Phi) is 4.64. The molecule has 0 aliphatic carbocycles. The standard InChI is InChI=1S/C13H29N/c1-8-12(4,5)13(6,7)9-10(2)11(3)14/h10-11H,8-9,14H2,1-7H3. The van der Waals surface area contributed by atoms with E-state index in [1.165, 1.54) is 12.8 Å². The zero-order valence-corrected chi connectivity index (χ0v) is 11.1. The van der Waals surface area contributed by atoms with Crippen LogP contribution >= 0.6 is 0 Å². The van der Waals surface area contributed by atoms with Crippen LogP contribution in [0.5, 0.6) is 0 Å². The average molecular weight is 199 g/mol. The molecular formula is C13H29N. The maximum Gasteiger partial charge on any atom is 0.00363 e. The van der Waals surface area contributed by atoms with Gasteiger partial charge in [-0.15, -0.1) is 0 Å². The van der Waals surface area contributed by atoms with Crippen molar-refractivity contribution < 1.29 is 0 Å². The molecule has 2 unspecified atom stereocenters. The molecule has 0 aliphatic rings. The summed E-state index contributed by atoms with van der Waals surface area (Å²) in [5.41, 5.74) is 6.70. The third kappa shape index (κ3) is 3.27. The Morgan fingerprint density at radius 3 is 1.71 bits per heavy atom. The van der Waals surface area contributed by atoms with E-state index in [0.29, 0.717) is 22.8 Å². The SMILES string of the molecule is CCC(C)(C)C(C)(C)CC(C)C(C)N. The van der Waals surface area contributed by atoms with E-state index in [-0.39, 0.29) is 0 Å². The average Bonchev–Trinajstić information content (AvgIpc) is 2.03. The van der Waals surface area contributed by atoms with Crippen LogP contribution in [0.15, 0.2) is 0 Å². The van der Waals surface area contributed by atoms with E-state index in [0.717, 1.165) is 0 Å². The molecule has 2 atom stereocenters. The van der Waals surface area contributed by atoms with Gasteiger partial charge in [0.2, 0.25) is 0 Å². The van der Waals surface area contributed by atoms with Crippen molar-refractivity contribution in [2.75, 3.05) is 0 Å². The Labute approximate surface area is 90.5 Å². The summed E-state index contributed by atoms with van der Waals surface area (Å²) in [6.45, 7) is 16.1. The maximum atomic E-state index is 5.93. The summed E-state index contributed by atoms with van der Waals surface area (Å²) in [5, 5.41) is 0. The number of nitrogens with two attached hydrogens (primary N) is 1. The minimum Gasteiger partial charge on any atom is -0.328 e. The summed E-state index contributed by atoms with van der Waals surface area (Å²) < 4.78 is 0. The Bertz CT molecular complexity index is 168. The van der Waals surface area contributed by atoms with Gasteiger partial charge in [0.15, 0.2) is 0 Å². The van der Waals surface area contributed by atoms with Crippen LogP contribution in [-0.4, -0.2) is 6.04 Å². The Balaban J connectivity index is 4.48. The van der Waals surface area contributed by atoms with Crippen LogP contribution < -0.4 is 5.73 Å². The fraction of sp³-hybridized carbons (Fsp3) is 1.00. The fourth-order valence-electron chi connectivity index (χ4n) is 1.75. The van der Waals surface area contributed by atoms with Gasteiger partial charge < -0.3 is 5.73 Å². The molecule has 0 rings (SSSR count). The van der Waals surface area contributed by atoms with Gasteiger partial charge in [-0.3, -0.25) is 0 Å². The molecule has 0 radical (unpaired) electrons. The molecule has 1 heteroatoms. The lowest BCUT2D eigenvalue weighted by molar-refractivity contribution is 0.0721. The molecule has 0 spiro atoms. The molecule has 0 aromatic heterocycles. The highest BCUT2D eigenvalue weighted by atomic mass is 14.6. The maximum absolute atomic E-state index is 5.93. The van der Waals surface area contributed by atoms with Gasteiger partial charge in [-0.25, -0.2) is 0 Å². The normalized spacial score (nSPS) is 18.0. The van der Waals surface area contributed by atoms with E-state index in [9.17, 15) is 0 Å². The van der Waals surface area contributed by atoms with E-state index in [1.807, 2.05) is 0 Å². The second kappa shape index (κ2) is 4.65. The molecule has 0 aromatic carbocycles. The third-order valence-corrected chi connectivity index (χ3v) is 4.45. The lowest BCUT2D eigenvalue weighted by Gasteiger charge is -2.43. The van der Waals surface area contributed by atoms with E-state index >= 15 is 0 Å². The molecule has 0 bridgehead atoms. The summed E-state index contributed by atoms with van der Waals surface area (Å²) in [4.78, 5) is 0. The molecule has 0 aliphatic heterocycles. The lowest BCUT2D eigenvalue weighted by Crippen LogP contribution is -2.37. The Hall–Kier alpha value is -0.0400. The minimum absolute atomic E-state index is 0.307. The summed E-state index contributed by atoms with van der Waals surface area (Å²) in [6.07, 6.45) is 2.44. The van der Waals surface area contributed by atoms with Crippen LogP contribution in [0.4, 0.5) is 0 Å². The van der Waals surface area contributed by atoms with E-state index < -0.39 is 0 Å². The molecule has 0 saturated heterocycles. The molecule has 0 heterocycles. The highest BCUT2D eigenvalue weighted by Gasteiger charge is 2.36. The van der Waals surface area contributed by atoms with Gasteiger partial charge in [0, 0.05) is 6.04 Å². The summed E-state index contributed by atoms with van der Waals surface area (Å²) in [6, 6.07) is 0.307. The predicted octanol–water partition coefficient (Wildman–Crippen LogP) is 3.82. The van der Waals surface area contributed by atoms with Gasteiger partial charge in [-0.2, -0.15) is 0 Å². The van der Waals surface area contributed by atoms with Crippen molar-refractivity contribution >= 4 is 0 Å². The summed E-state index contributed by atoms with van der Waals surface area (Å²) in [7, 11) is 0. The van der Waals surface area contributed by atoms with Crippen LogP contribution in [0, 0.1) is 16.7 Å². The highest BCUT2D eigenvalue weighted by Crippen LogP contribution is 2.45. The molecule has 2 N–H and O–H groups in total. The van der Waals surface area contributed by atoms with Crippen molar-refractivity contribution in [2.45, 2.75) is 67.3 Å². The Morgan fingerprint density at radius 2 is 1.43 bits per heavy atom. The second-order valence-electron chi connectivity index (χ2n) is 6.16. The predicted molar refractivity (Wildman–Crippen MR) is 65.3 cm³/mol. The topological polar surface area (TPSA) is 26.0 Å². The number of hydrogen-bond acceptors (Lipinski definition) is 1. The molecular weight excluding hydrogens is 170 g/mol. The number of rotatable bonds is 5. The van der Waals surface area contributed by atoms with Crippen molar-refractivity contribution in [2.24, 2.45) is 22.5 Å². The first-order valence-corrected chi connectivity index (χ1v) is 5.89. The molecule has 86 valence electrons. The zero-order chi connectivity index (χ0) is 11.6. The first-order valence-electron chi connectivity index (χ1n) is 5.89. The van der Waals surface area contributed by atoms with E-state index in [2.05, 4.69) is 48.5 Å². The molecule has 0 aromatic rings. The van der Waals surface area contributed by atoms with Gasteiger partial charge in [0.05, 0.1) is 0 Å². The van der Waals surface area contributed by atoms with Crippen LogP contribution in [0.25, 0.3) is 0 Å². The van der Waals surface area contributed by atoms with Crippen molar-refractivity contribution in [3.05, 3.63) is 0 Å². The first kappa shape index (κ1) is 14.0. The lowest BCUT2D eigenvalue weighted by atomic mass is 9.62. The largest absolute Gasteiger partial charge is 0.328 e. The number of hydrogen-bond donors (Lipinski definition) is 1. The summed E-state index contributed by atoms with van der Waals surface area (Å²) in [5.74, 6) is 0.607. The monoisotopic (exact) mass is 199 g/mol. The molecule has 0 saturated carbocycles. The van der Waals surface area contributed by atoms with Crippen LogP contribution in [0.2, 0.25) is 0 Å². The van der Waals surface area contributed by atoms with Crippen LogP contribution in [0.1, 0.15) is 61.3 Å². The van der Waals surface area contributed by atoms with Crippen molar-refractivity contribution in [1.82, 2.24) is 0 Å². The highest BCUT2D eigenvalue weighted by molar-refractivity contribution is 4.87. The zero-order valence-electron chi connectivity index (χ0n) is 11.1. The Morgan fingerprint density at radius 1 is 1.00 bits per heavy atom. The van der Waals surface area contributed by atoms with E-state index in [1.54, 1.807) is 0 Å². The van der Waals surface area contributed by atoms with Crippen molar-refractivity contribution in [3.63, 3.8) is 0 Å². The third-order valence-electron chi connectivity index (χ3n) is 4.45. The van der Waals surface area contributed by atoms with Crippen LogP contribution in [0.3, 0.4) is 0 Å². The summed E-state index contributed by atoms with van der Waals surface area (Å²) >= 11 is 0. The second-order valence-corrected chi connectivity index (χ2v) is 6.16. The van der Waals surface area contributed by atoms with Crippen molar-refractivity contribution in [3.8, 4) is 0 Å². The van der Waals surface area contributed by atoms with Crippen LogP contribution in [-0.2, 0) is 0 Å². The van der Waals surface area contributed by atoms with Gasteiger partial charge in [-0.05, 0) is 30.1 Å². The smallest absolute Gasteiger partial charge is 0.00363 e.